The Morgan fingerprint density at radius 2 is 1.88 bits per heavy atom. The molecule has 3 aromatic rings. The number of esters is 1. The van der Waals surface area contributed by atoms with E-state index in [2.05, 4.69) is 5.32 Å². The Kier molecular flexibility index (Phi) is 6.10. The van der Waals surface area contributed by atoms with Crippen LogP contribution in [0.15, 0.2) is 65.3 Å². The Balaban J connectivity index is 1.54. The minimum absolute atomic E-state index is 0.136. The number of furan rings is 1. The summed E-state index contributed by atoms with van der Waals surface area (Å²) in [6, 6.07) is 16.9. The van der Waals surface area contributed by atoms with Gasteiger partial charge in [-0.05, 0) is 61.9 Å². The van der Waals surface area contributed by atoms with Crippen LogP contribution in [0.2, 0.25) is 0 Å². The molecule has 0 spiro atoms. The molecule has 1 aromatic heterocycles. The van der Waals surface area contributed by atoms with E-state index in [9.17, 15) is 4.79 Å². The van der Waals surface area contributed by atoms with E-state index in [1.807, 2.05) is 56.3 Å². The van der Waals surface area contributed by atoms with E-state index in [1.54, 1.807) is 26.4 Å². The van der Waals surface area contributed by atoms with Crippen molar-refractivity contribution in [3.8, 4) is 11.5 Å². The van der Waals surface area contributed by atoms with Crippen LogP contribution in [-0.2, 0) is 16.0 Å². The van der Waals surface area contributed by atoms with Crippen molar-refractivity contribution in [2.24, 2.45) is 0 Å². The highest BCUT2D eigenvalue weighted by atomic mass is 16.6. The summed E-state index contributed by atoms with van der Waals surface area (Å²) >= 11 is 0. The lowest BCUT2D eigenvalue weighted by molar-refractivity contribution is -0.130. The molecule has 7 nitrogen and oxygen atoms in total. The number of hydrogen-bond acceptors (Lipinski definition) is 7. The van der Waals surface area contributed by atoms with E-state index in [0.717, 1.165) is 22.6 Å². The highest BCUT2D eigenvalue weighted by molar-refractivity contribution is 5.86. The Morgan fingerprint density at radius 1 is 1.09 bits per heavy atom. The van der Waals surface area contributed by atoms with Gasteiger partial charge in [-0.3, -0.25) is 0 Å². The predicted molar refractivity (Wildman–Crippen MR) is 119 cm³/mol. The van der Waals surface area contributed by atoms with Crippen molar-refractivity contribution in [2.75, 3.05) is 19.5 Å². The van der Waals surface area contributed by atoms with E-state index in [0.29, 0.717) is 12.3 Å². The summed E-state index contributed by atoms with van der Waals surface area (Å²) in [4.78, 5) is 12.6. The zero-order chi connectivity index (χ0) is 22.7. The third-order valence-electron chi connectivity index (χ3n) is 5.52. The average Bonchev–Trinajstić information content (AvgIpc) is 3.33. The molecule has 0 saturated carbocycles. The van der Waals surface area contributed by atoms with Crippen molar-refractivity contribution >= 4 is 11.7 Å². The lowest BCUT2D eigenvalue weighted by Crippen LogP contribution is -2.51. The number of methoxy groups -OCH3 is 2. The third-order valence-corrected chi connectivity index (χ3v) is 5.52. The first-order valence-corrected chi connectivity index (χ1v) is 10.4. The van der Waals surface area contributed by atoms with Crippen LogP contribution in [0.25, 0.3) is 0 Å². The number of carbonyl (C=O) groups is 1. The monoisotopic (exact) mass is 437 g/mol. The van der Waals surface area contributed by atoms with Gasteiger partial charge in [0.25, 0.3) is 0 Å². The molecule has 0 bridgehead atoms. The highest BCUT2D eigenvalue weighted by Gasteiger charge is 2.47. The van der Waals surface area contributed by atoms with Crippen LogP contribution < -0.4 is 14.8 Å². The summed E-state index contributed by atoms with van der Waals surface area (Å²) in [6.07, 6.45) is 0.257. The van der Waals surface area contributed by atoms with E-state index in [-0.39, 0.29) is 5.76 Å². The molecule has 2 unspecified atom stereocenters. The molecule has 0 saturated heterocycles. The van der Waals surface area contributed by atoms with Gasteiger partial charge in [0.15, 0.2) is 6.10 Å². The van der Waals surface area contributed by atoms with Crippen molar-refractivity contribution in [3.05, 3.63) is 77.7 Å². The number of ether oxygens (including phenoxy) is 4. The van der Waals surface area contributed by atoms with E-state index < -0.39 is 23.8 Å². The highest BCUT2D eigenvalue weighted by Crippen LogP contribution is 2.44. The topological polar surface area (TPSA) is 79.2 Å². The number of hydrogen-bond donors (Lipinski definition) is 1. The lowest BCUT2D eigenvalue weighted by atomic mass is 9.88. The fourth-order valence-corrected chi connectivity index (χ4v) is 3.81. The minimum atomic E-state index is -0.798. The summed E-state index contributed by atoms with van der Waals surface area (Å²) < 4.78 is 28.2. The van der Waals surface area contributed by atoms with Crippen LogP contribution in [0.5, 0.6) is 11.5 Å². The van der Waals surface area contributed by atoms with Gasteiger partial charge in [-0.2, -0.15) is 0 Å². The van der Waals surface area contributed by atoms with Crippen molar-refractivity contribution < 1.29 is 28.2 Å². The number of rotatable bonds is 7. The Morgan fingerprint density at radius 3 is 2.53 bits per heavy atom. The van der Waals surface area contributed by atoms with Crippen LogP contribution in [0, 0.1) is 0 Å². The van der Waals surface area contributed by atoms with Gasteiger partial charge in [0.1, 0.15) is 23.2 Å². The molecule has 1 aliphatic heterocycles. The molecular weight excluding hydrogens is 410 g/mol. The van der Waals surface area contributed by atoms with Gasteiger partial charge < -0.3 is 28.7 Å². The largest absolute Gasteiger partial charge is 0.497 e. The fourth-order valence-electron chi connectivity index (χ4n) is 3.81. The molecule has 2 heterocycles. The zero-order valence-corrected chi connectivity index (χ0v) is 18.6. The maximum atomic E-state index is 12.6. The van der Waals surface area contributed by atoms with Gasteiger partial charge in [0, 0.05) is 24.9 Å². The molecule has 0 radical (unpaired) electrons. The summed E-state index contributed by atoms with van der Waals surface area (Å²) in [6.45, 7) is 4.39. The van der Waals surface area contributed by atoms with Gasteiger partial charge in [0.05, 0.1) is 13.4 Å². The third kappa shape index (κ3) is 4.43. The fraction of sp³-hybridized carbons (Fsp3) is 0.320. The summed E-state index contributed by atoms with van der Waals surface area (Å²) in [5, 5.41) is 3.42. The average molecular weight is 437 g/mol. The Bertz CT molecular complexity index is 1060. The van der Waals surface area contributed by atoms with E-state index >= 15 is 0 Å². The molecule has 2 aromatic carbocycles. The second kappa shape index (κ2) is 8.96. The minimum Gasteiger partial charge on any atom is -0.497 e. The van der Waals surface area contributed by atoms with Crippen LogP contribution in [0.3, 0.4) is 0 Å². The van der Waals surface area contributed by atoms with Gasteiger partial charge in [-0.15, -0.1) is 0 Å². The van der Waals surface area contributed by atoms with Gasteiger partial charge >= 0.3 is 5.97 Å². The number of nitrogens with one attached hydrogen (secondary N) is 1. The molecule has 0 amide bonds. The van der Waals surface area contributed by atoms with E-state index in [4.69, 9.17) is 23.4 Å². The molecule has 0 aliphatic carbocycles. The molecule has 1 N–H and O–H groups in total. The summed E-state index contributed by atoms with van der Waals surface area (Å²) in [5.41, 5.74) is 2.04. The van der Waals surface area contributed by atoms with Crippen molar-refractivity contribution in [1.29, 1.82) is 0 Å². The lowest BCUT2D eigenvalue weighted by Gasteiger charge is -2.43. The molecule has 4 rings (SSSR count). The van der Waals surface area contributed by atoms with Crippen molar-refractivity contribution in [1.82, 2.24) is 0 Å². The van der Waals surface area contributed by atoms with E-state index in [1.165, 1.54) is 6.26 Å². The van der Waals surface area contributed by atoms with Gasteiger partial charge in [0.2, 0.25) is 5.76 Å². The molecule has 2 atom stereocenters. The van der Waals surface area contributed by atoms with Gasteiger partial charge in [-0.1, -0.05) is 12.1 Å². The quantitative estimate of drug-likeness (QED) is 0.522. The normalized spacial score (nSPS) is 18.9. The van der Waals surface area contributed by atoms with Crippen LogP contribution in [0.1, 0.15) is 41.6 Å². The molecule has 168 valence electrons. The Labute approximate surface area is 187 Å². The second-order valence-electron chi connectivity index (χ2n) is 8.12. The number of fused-ring (bicyclic) bond motifs is 1. The molecule has 32 heavy (non-hydrogen) atoms. The molecule has 0 fully saturated rings. The maximum Gasteiger partial charge on any atom is 0.374 e. The van der Waals surface area contributed by atoms with Crippen LogP contribution >= 0.6 is 0 Å². The molecule has 1 aliphatic rings. The van der Waals surface area contributed by atoms with Crippen LogP contribution in [0.4, 0.5) is 5.69 Å². The Hall–Kier alpha value is -3.45. The zero-order valence-electron chi connectivity index (χ0n) is 18.6. The first-order chi connectivity index (χ1) is 15.4. The van der Waals surface area contributed by atoms with Crippen molar-refractivity contribution in [3.63, 3.8) is 0 Å². The maximum absolute atomic E-state index is 12.6. The van der Waals surface area contributed by atoms with Gasteiger partial charge in [-0.25, -0.2) is 4.79 Å². The first-order valence-electron chi connectivity index (χ1n) is 10.4. The smallest absolute Gasteiger partial charge is 0.374 e. The number of carbonyl (C=O) groups excluding carboxylic acids is 1. The summed E-state index contributed by atoms with van der Waals surface area (Å²) in [5.74, 6) is 1.09. The molecular formula is C25H27NO6. The SMILES string of the molecule is COc1ccc(CNc2ccc3c(c2)C(OC)C(OC(=O)c2ccco2)C(C)(C)O3)cc1. The van der Waals surface area contributed by atoms with Crippen molar-refractivity contribution in [2.45, 2.75) is 38.2 Å². The predicted octanol–water partition coefficient (Wildman–Crippen LogP) is 4.98. The van der Waals surface area contributed by atoms with Crippen LogP contribution in [-0.4, -0.2) is 31.9 Å². The standard InChI is InChI=1S/C25H27NO6/c1-25(2)23(31-24(27)21-6-5-13-30-21)22(29-4)19-14-17(9-12-20(19)32-25)26-15-16-7-10-18(28-3)11-8-16/h5-14,22-23,26H,15H2,1-4H3. The molecule has 7 heteroatoms. The first kappa shape index (κ1) is 21.8. The second-order valence-corrected chi connectivity index (χ2v) is 8.12. The summed E-state index contributed by atoms with van der Waals surface area (Å²) in [7, 11) is 3.25. The number of benzene rings is 2. The number of anilines is 1.